The molecule has 0 radical (unpaired) electrons. The number of nitrogens with one attached hydrogen (secondary N) is 1. The first kappa shape index (κ1) is 11.0. The van der Waals surface area contributed by atoms with Crippen LogP contribution < -0.4 is 10.2 Å². The van der Waals surface area contributed by atoms with Gasteiger partial charge in [-0.3, -0.25) is 0 Å². The first-order chi connectivity index (χ1) is 8.35. The van der Waals surface area contributed by atoms with Gasteiger partial charge in [-0.2, -0.15) is 4.98 Å². The Hall–Kier alpha value is -1.07. The van der Waals surface area contributed by atoms with Gasteiger partial charge in [0.1, 0.15) is 6.26 Å². The molecule has 2 saturated heterocycles. The molecule has 1 aromatic heterocycles. The standard InChI is InChI=1S/C12H19N3O2/c1-2-13-5-9-8-16-12(14-9)15-6-10-3-4-11(7-15)17-10/h8,10-11,13H,2-7H2,1H3. The normalized spacial score (nSPS) is 27.7. The van der Waals surface area contributed by atoms with Crippen molar-refractivity contribution in [2.75, 3.05) is 24.5 Å². The van der Waals surface area contributed by atoms with E-state index in [1.807, 2.05) is 0 Å². The number of oxazole rings is 1. The molecule has 3 heterocycles. The monoisotopic (exact) mass is 237 g/mol. The lowest BCUT2D eigenvalue weighted by Crippen LogP contribution is -2.42. The molecule has 0 aliphatic carbocycles. The van der Waals surface area contributed by atoms with Crippen molar-refractivity contribution >= 4 is 6.01 Å². The number of anilines is 1. The highest BCUT2D eigenvalue weighted by atomic mass is 16.5. The topological polar surface area (TPSA) is 50.5 Å². The number of hydrogen-bond donors (Lipinski definition) is 1. The quantitative estimate of drug-likeness (QED) is 0.851. The summed E-state index contributed by atoms with van der Waals surface area (Å²) in [5, 5.41) is 3.24. The van der Waals surface area contributed by atoms with E-state index in [2.05, 4.69) is 22.1 Å². The second kappa shape index (κ2) is 4.66. The molecule has 0 saturated carbocycles. The van der Waals surface area contributed by atoms with Gasteiger partial charge in [0.25, 0.3) is 6.01 Å². The predicted molar refractivity (Wildman–Crippen MR) is 64.0 cm³/mol. The lowest BCUT2D eigenvalue weighted by atomic mass is 10.2. The Morgan fingerprint density at radius 2 is 2.18 bits per heavy atom. The molecular formula is C12H19N3O2. The Bertz CT molecular complexity index is 368. The minimum atomic E-state index is 0.373. The number of ether oxygens (including phenoxy) is 1. The van der Waals surface area contributed by atoms with Crippen LogP contribution in [-0.4, -0.2) is 36.8 Å². The van der Waals surface area contributed by atoms with Crippen molar-refractivity contribution in [1.82, 2.24) is 10.3 Å². The molecule has 2 aliphatic heterocycles. The average Bonchev–Trinajstić information content (AvgIpc) is 2.94. The Balaban J connectivity index is 1.65. The second-order valence-corrected chi connectivity index (χ2v) is 4.76. The van der Waals surface area contributed by atoms with Crippen LogP contribution in [0.3, 0.4) is 0 Å². The van der Waals surface area contributed by atoms with Crippen molar-refractivity contribution in [3.05, 3.63) is 12.0 Å². The number of aromatic nitrogens is 1. The number of hydrogen-bond acceptors (Lipinski definition) is 5. The average molecular weight is 237 g/mol. The zero-order valence-corrected chi connectivity index (χ0v) is 10.2. The summed E-state index contributed by atoms with van der Waals surface area (Å²) in [6.07, 6.45) is 4.84. The summed E-state index contributed by atoms with van der Waals surface area (Å²) in [6.45, 7) is 5.64. The fourth-order valence-electron chi connectivity index (χ4n) is 2.55. The number of morpholine rings is 1. The highest BCUT2D eigenvalue weighted by Crippen LogP contribution is 2.29. The maximum atomic E-state index is 5.80. The molecule has 2 atom stereocenters. The SMILES string of the molecule is CCNCc1coc(N2CC3CCC(C2)O3)n1. The minimum Gasteiger partial charge on any atom is -0.432 e. The fraction of sp³-hybridized carbons (Fsp3) is 0.750. The second-order valence-electron chi connectivity index (χ2n) is 4.76. The summed E-state index contributed by atoms with van der Waals surface area (Å²) in [5.41, 5.74) is 0.973. The highest BCUT2D eigenvalue weighted by Gasteiger charge is 2.35. The van der Waals surface area contributed by atoms with Crippen LogP contribution in [0.5, 0.6) is 0 Å². The van der Waals surface area contributed by atoms with Crippen molar-refractivity contribution in [1.29, 1.82) is 0 Å². The Morgan fingerprint density at radius 1 is 1.41 bits per heavy atom. The lowest BCUT2D eigenvalue weighted by molar-refractivity contribution is 0.0288. The van der Waals surface area contributed by atoms with Crippen molar-refractivity contribution in [2.24, 2.45) is 0 Å². The zero-order valence-electron chi connectivity index (χ0n) is 10.2. The van der Waals surface area contributed by atoms with E-state index < -0.39 is 0 Å². The summed E-state index contributed by atoms with van der Waals surface area (Å²) in [4.78, 5) is 6.72. The van der Waals surface area contributed by atoms with Gasteiger partial charge < -0.3 is 19.4 Å². The van der Waals surface area contributed by atoms with Crippen LogP contribution in [-0.2, 0) is 11.3 Å². The third-order valence-electron chi connectivity index (χ3n) is 3.41. The summed E-state index contributed by atoms with van der Waals surface area (Å²) in [7, 11) is 0. The van der Waals surface area contributed by atoms with Crippen LogP contribution in [0.15, 0.2) is 10.7 Å². The summed E-state index contributed by atoms with van der Waals surface area (Å²) in [5.74, 6) is 0. The van der Waals surface area contributed by atoms with Crippen molar-refractivity contribution < 1.29 is 9.15 Å². The van der Waals surface area contributed by atoms with Crippen LogP contribution >= 0.6 is 0 Å². The van der Waals surface area contributed by atoms with Crippen LogP contribution in [0, 0.1) is 0 Å². The van der Waals surface area contributed by atoms with Crippen molar-refractivity contribution in [3.8, 4) is 0 Å². The molecule has 5 nitrogen and oxygen atoms in total. The van der Waals surface area contributed by atoms with Gasteiger partial charge >= 0.3 is 0 Å². The smallest absolute Gasteiger partial charge is 0.297 e. The zero-order chi connectivity index (χ0) is 11.7. The third kappa shape index (κ3) is 2.30. The van der Waals surface area contributed by atoms with Crippen molar-refractivity contribution in [3.63, 3.8) is 0 Å². The Kier molecular flexibility index (Phi) is 3.03. The molecule has 0 amide bonds. The number of fused-ring (bicyclic) bond motifs is 2. The lowest BCUT2D eigenvalue weighted by Gasteiger charge is -2.30. The Morgan fingerprint density at radius 3 is 2.88 bits per heavy atom. The number of nitrogens with zero attached hydrogens (tertiary/aromatic N) is 2. The van der Waals surface area contributed by atoms with Gasteiger partial charge in [0.2, 0.25) is 0 Å². The Labute approximate surface area is 101 Å². The summed E-state index contributed by atoms with van der Waals surface area (Å²) in [6, 6.07) is 0.748. The van der Waals surface area contributed by atoms with Gasteiger partial charge in [-0.05, 0) is 19.4 Å². The van der Waals surface area contributed by atoms with E-state index in [0.717, 1.165) is 37.9 Å². The van der Waals surface area contributed by atoms with Crippen LogP contribution in [0.25, 0.3) is 0 Å². The molecule has 1 N–H and O–H groups in total. The first-order valence-corrected chi connectivity index (χ1v) is 6.40. The molecule has 2 bridgehead atoms. The summed E-state index contributed by atoms with van der Waals surface area (Å²) >= 11 is 0. The predicted octanol–water partition coefficient (Wildman–Crippen LogP) is 1.15. The molecule has 2 aliphatic rings. The van der Waals surface area contributed by atoms with Gasteiger partial charge in [-0.1, -0.05) is 6.92 Å². The highest BCUT2D eigenvalue weighted by molar-refractivity contribution is 5.29. The van der Waals surface area contributed by atoms with Gasteiger partial charge in [-0.25, -0.2) is 0 Å². The molecule has 2 fully saturated rings. The molecule has 1 aromatic rings. The van der Waals surface area contributed by atoms with Gasteiger partial charge in [0.05, 0.1) is 17.9 Å². The van der Waals surface area contributed by atoms with Gasteiger partial charge in [0, 0.05) is 19.6 Å². The van der Waals surface area contributed by atoms with E-state index in [1.54, 1.807) is 6.26 Å². The minimum absolute atomic E-state index is 0.373. The van der Waals surface area contributed by atoms with E-state index >= 15 is 0 Å². The van der Waals surface area contributed by atoms with Crippen LogP contribution in [0.1, 0.15) is 25.5 Å². The largest absolute Gasteiger partial charge is 0.432 e. The summed E-state index contributed by atoms with van der Waals surface area (Å²) < 4.78 is 11.3. The number of rotatable bonds is 4. The van der Waals surface area contributed by atoms with E-state index in [1.165, 1.54) is 12.8 Å². The van der Waals surface area contributed by atoms with Gasteiger partial charge in [-0.15, -0.1) is 0 Å². The van der Waals surface area contributed by atoms with E-state index in [-0.39, 0.29) is 0 Å². The molecule has 2 unspecified atom stereocenters. The van der Waals surface area contributed by atoms with Crippen molar-refractivity contribution in [2.45, 2.75) is 38.5 Å². The van der Waals surface area contributed by atoms with Gasteiger partial charge in [0.15, 0.2) is 0 Å². The fourth-order valence-corrected chi connectivity index (χ4v) is 2.55. The van der Waals surface area contributed by atoms with Crippen LogP contribution in [0.4, 0.5) is 6.01 Å². The van der Waals surface area contributed by atoms with Crippen LogP contribution in [0.2, 0.25) is 0 Å². The molecular weight excluding hydrogens is 218 g/mol. The maximum Gasteiger partial charge on any atom is 0.297 e. The first-order valence-electron chi connectivity index (χ1n) is 6.40. The maximum absolute atomic E-state index is 5.80. The van der Waals surface area contributed by atoms with E-state index in [0.29, 0.717) is 12.2 Å². The molecule has 5 heteroatoms. The van der Waals surface area contributed by atoms with E-state index in [9.17, 15) is 0 Å². The molecule has 94 valence electrons. The molecule has 17 heavy (non-hydrogen) atoms. The third-order valence-corrected chi connectivity index (χ3v) is 3.41. The molecule has 0 spiro atoms. The molecule has 0 aromatic carbocycles. The molecule has 3 rings (SSSR count). The van der Waals surface area contributed by atoms with E-state index in [4.69, 9.17) is 9.15 Å².